The van der Waals surface area contributed by atoms with Crippen LogP contribution in [0.2, 0.25) is 0 Å². The van der Waals surface area contributed by atoms with Gasteiger partial charge >= 0.3 is 0 Å². The largest absolute Gasteiger partial charge is 0.492 e. The molecule has 2 aliphatic heterocycles. The second kappa shape index (κ2) is 8.07. The van der Waals surface area contributed by atoms with E-state index in [1.54, 1.807) is 4.90 Å². The van der Waals surface area contributed by atoms with Gasteiger partial charge in [-0.2, -0.15) is 5.01 Å². The Kier molecular flexibility index (Phi) is 5.45. The fourth-order valence-electron chi connectivity index (χ4n) is 3.68. The molecule has 0 aliphatic carbocycles. The third-order valence-corrected chi connectivity index (χ3v) is 6.25. The number of para-hydroxylation sites is 1. The van der Waals surface area contributed by atoms with Crippen LogP contribution in [0.5, 0.6) is 5.75 Å². The van der Waals surface area contributed by atoms with Crippen LogP contribution < -0.4 is 15.0 Å². The molecule has 0 aromatic heterocycles. The maximum atomic E-state index is 13.7. The zero-order valence-corrected chi connectivity index (χ0v) is 18.2. The molecular formula is C22H22N4O4S. The normalized spacial score (nSPS) is 19.5. The summed E-state index contributed by atoms with van der Waals surface area (Å²) in [4.78, 5) is 37.9. The molecule has 31 heavy (non-hydrogen) atoms. The number of rotatable bonds is 4. The first-order valence-electron chi connectivity index (χ1n) is 9.80. The number of carbonyl (C=O) groups is 3. The minimum Gasteiger partial charge on any atom is -0.492 e. The smallest absolute Gasteiger partial charge is 0.270 e. The van der Waals surface area contributed by atoms with Crippen molar-refractivity contribution in [2.24, 2.45) is 5.10 Å². The molecule has 0 saturated carbocycles. The fraction of sp³-hybridized carbons (Fsp3) is 0.273. The Hall–Kier alpha value is -3.33. The van der Waals surface area contributed by atoms with Crippen LogP contribution >= 0.6 is 11.8 Å². The summed E-state index contributed by atoms with van der Waals surface area (Å²) in [6.45, 7) is 5.28. The predicted octanol–water partition coefficient (Wildman–Crippen LogP) is 2.58. The molecule has 2 aromatic carbocycles. The van der Waals surface area contributed by atoms with E-state index >= 15 is 0 Å². The van der Waals surface area contributed by atoms with Gasteiger partial charge in [-0.25, -0.2) is 0 Å². The number of hydrogen-bond acceptors (Lipinski definition) is 6. The third-order valence-electron chi connectivity index (χ3n) is 5.01. The van der Waals surface area contributed by atoms with E-state index in [4.69, 9.17) is 4.74 Å². The summed E-state index contributed by atoms with van der Waals surface area (Å²) in [5.74, 6) is -0.301. The van der Waals surface area contributed by atoms with Gasteiger partial charge in [0.15, 0.2) is 5.17 Å². The van der Waals surface area contributed by atoms with E-state index in [2.05, 4.69) is 10.4 Å². The Morgan fingerprint density at radius 1 is 1.13 bits per heavy atom. The van der Waals surface area contributed by atoms with Gasteiger partial charge in [-0.05, 0) is 36.9 Å². The SMILES string of the molecule is CC(=O)NC1=NN(C(C)=O)[C@@]2(S1)C(=O)N(CCOc1ccc(C)cc1)c1ccccc12. The van der Waals surface area contributed by atoms with Crippen molar-refractivity contribution in [2.45, 2.75) is 25.6 Å². The highest BCUT2D eigenvalue weighted by molar-refractivity contribution is 8.15. The number of carbonyl (C=O) groups excluding carboxylic acids is 3. The summed E-state index contributed by atoms with van der Waals surface area (Å²) >= 11 is 1.06. The van der Waals surface area contributed by atoms with E-state index in [1.807, 2.05) is 55.5 Å². The average Bonchev–Trinajstić information content (AvgIpc) is 3.21. The van der Waals surface area contributed by atoms with Crippen molar-refractivity contribution in [2.75, 3.05) is 18.1 Å². The molecule has 160 valence electrons. The number of anilines is 1. The number of benzene rings is 2. The van der Waals surface area contributed by atoms with Crippen molar-refractivity contribution >= 4 is 40.3 Å². The molecule has 0 fully saturated rings. The second-order valence-electron chi connectivity index (χ2n) is 7.30. The highest BCUT2D eigenvalue weighted by Crippen LogP contribution is 2.54. The molecule has 1 spiro atoms. The molecular weight excluding hydrogens is 416 g/mol. The lowest BCUT2D eigenvalue weighted by Crippen LogP contribution is -2.49. The number of hydrogen-bond donors (Lipinski definition) is 1. The summed E-state index contributed by atoms with van der Waals surface area (Å²) < 4.78 is 5.82. The van der Waals surface area contributed by atoms with E-state index in [0.29, 0.717) is 17.8 Å². The van der Waals surface area contributed by atoms with Crippen molar-refractivity contribution in [3.05, 3.63) is 59.7 Å². The van der Waals surface area contributed by atoms with Crippen molar-refractivity contribution in [3.63, 3.8) is 0 Å². The number of amidine groups is 1. The van der Waals surface area contributed by atoms with Crippen molar-refractivity contribution in [1.82, 2.24) is 10.3 Å². The number of aryl methyl sites for hydroxylation is 1. The molecule has 3 amide bonds. The lowest BCUT2D eigenvalue weighted by molar-refractivity contribution is -0.139. The van der Waals surface area contributed by atoms with Gasteiger partial charge in [-0.1, -0.05) is 35.9 Å². The average molecular weight is 439 g/mol. The lowest BCUT2D eigenvalue weighted by atomic mass is 10.1. The van der Waals surface area contributed by atoms with E-state index < -0.39 is 10.8 Å². The number of nitrogens with zero attached hydrogens (tertiary/aromatic N) is 3. The summed E-state index contributed by atoms with van der Waals surface area (Å²) in [6, 6.07) is 15.0. The first-order chi connectivity index (χ1) is 14.8. The Morgan fingerprint density at radius 3 is 2.52 bits per heavy atom. The summed E-state index contributed by atoms with van der Waals surface area (Å²) in [7, 11) is 0. The topological polar surface area (TPSA) is 91.3 Å². The number of hydrazone groups is 1. The van der Waals surface area contributed by atoms with Crippen molar-refractivity contribution < 1.29 is 19.1 Å². The van der Waals surface area contributed by atoms with Gasteiger partial charge in [-0.15, -0.1) is 5.10 Å². The van der Waals surface area contributed by atoms with Crippen LogP contribution in [0.3, 0.4) is 0 Å². The minimum absolute atomic E-state index is 0.212. The van der Waals surface area contributed by atoms with Gasteiger partial charge in [-0.3, -0.25) is 14.4 Å². The molecule has 2 aliphatic rings. The number of nitrogens with one attached hydrogen (secondary N) is 1. The summed E-state index contributed by atoms with van der Waals surface area (Å²) in [5, 5.41) is 8.20. The standard InChI is InChI=1S/C22H22N4O4S/c1-14-8-10-17(11-9-14)30-13-12-25-19-7-5-4-6-18(19)22(20(25)29)26(16(3)28)24-21(31-22)23-15(2)27/h4-11H,12-13H2,1-3H3,(H,23,24,27)/t22-/m0/s1. The van der Waals surface area contributed by atoms with Crippen molar-refractivity contribution in [1.29, 1.82) is 0 Å². The first kappa shape index (κ1) is 20.9. The lowest BCUT2D eigenvalue weighted by Gasteiger charge is -2.29. The van der Waals surface area contributed by atoms with Crippen molar-refractivity contribution in [3.8, 4) is 5.75 Å². The number of amides is 3. The summed E-state index contributed by atoms with van der Waals surface area (Å²) in [6.07, 6.45) is 0. The Balaban J connectivity index is 1.62. The molecule has 1 N–H and O–H groups in total. The monoisotopic (exact) mass is 438 g/mol. The summed E-state index contributed by atoms with van der Waals surface area (Å²) in [5.41, 5.74) is 2.48. The number of thioether (sulfide) groups is 1. The Bertz CT molecular complexity index is 1090. The van der Waals surface area contributed by atoms with E-state index in [9.17, 15) is 14.4 Å². The quantitative estimate of drug-likeness (QED) is 0.792. The van der Waals surface area contributed by atoms with E-state index in [-0.39, 0.29) is 23.6 Å². The maximum absolute atomic E-state index is 13.7. The van der Waals surface area contributed by atoms with Gasteiger partial charge in [0.1, 0.15) is 12.4 Å². The first-order valence-corrected chi connectivity index (χ1v) is 10.6. The van der Waals surface area contributed by atoms with E-state index in [0.717, 1.165) is 28.1 Å². The van der Waals surface area contributed by atoms with Crippen LogP contribution in [-0.4, -0.2) is 41.0 Å². The predicted molar refractivity (Wildman–Crippen MR) is 119 cm³/mol. The highest BCUT2D eigenvalue weighted by Gasteiger charge is 2.61. The molecule has 0 saturated heterocycles. The maximum Gasteiger partial charge on any atom is 0.270 e. The second-order valence-corrected chi connectivity index (χ2v) is 8.48. The Labute approximate surface area is 184 Å². The molecule has 4 rings (SSSR count). The van der Waals surface area contributed by atoms with Gasteiger partial charge in [0.05, 0.1) is 12.2 Å². The van der Waals surface area contributed by atoms with Crippen LogP contribution in [0.15, 0.2) is 53.6 Å². The number of ether oxygens (including phenoxy) is 1. The van der Waals surface area contributed by atoms with Gasteiger partial charge in [0, 0.05) is 19.4 Å². The molecule has 2 aromatic rings. The highest BCUT2D eigenvalue weighted by atomic mass is 32.2. The van der Waals surface area contributed by atoms with Crippen LogP contribution in [0.4, 0.5) is 5.69 Å². The minimum atomic E-state index is -1.38. The van der Waals surface area contributed by atoms with Gasteiger partial charge in [0.25, 0.3) is 5.91 Å². The molecule has 9 heteroatoms. The van der Waals surface area contributed by atoms with Crippen LogP contribution in [0.1, 0.15) is 25.0 Å². The molecule has 0 bridgehead atoms. The van der Waals surface area contributed by atoms with E-state index in [1.165, 1.54) is 13.8 Å². The molecule has 1 atom stereocenters. The third kappa shape index (κ3) is 3.65. The van der Waals surface area contributed by atoms with Crippen LogP contribution in [0, 0.1) is 6.92 Å². The Morgan fingerprint density at radius 2 is 1.84 bits per heavy atom. The number of fused-ring (bicyclic) bond motifs is 2. The van der Waals surface area contributed by atoms with Gasteiger partial charge in [0.2, 0.25) is 16.7 Å². The molecule has 0 unspecified atom stereocenters. The molecule has 2 heterocycles. The van der Waals surface area contributed by atoms with Gasteiger partial charge < -0.3 is 15.0 Å². The van der Waals surface area contributed by atoms with Crippen LogP contribution in [0.25, 0.3) is 0 Å². The zero-order chi connectivity index (χ0) is 22.2. The fourth-order valence-corrected chi connectivity index (χ4v) is 5.01. The molecule has 8 nitrogen and oxygen atoms in total. The molecule has 0 radical (unpaired) electrons. The van der Waals surface area contributed by atoms with Crippen LogP contribution in [-0.2, 0) is 19.3 Å². The zero-order valence-electron chi connectivity index (χ0n) is 17.4.